The Morgan fingerprint density at radius 1 is 1.44 bits per heavy atom. The second kappa shape index (κ2) is 4.71. The van der Waals surface area contributed by atoms with Crippen LogP contribution in [0.2, 0.25) is 0 Å². The van der Waals surface area contributed by atoms with E-state index in [1.165, 1.54) is 19.0 Å². The molecular formula is C10H12F3N3O2. The normalized spacial score (nSPS) is 11.2. The summed E-state index contributed by atoms with van der Waals surface area (Å²) in [4.78, 5) is 15.8. The lowest BCUT2D eigenvalue weighted by Gasteiger charge is -2.19. The number of rotatable bonds is 3. The molecule has 0 aliphatic heterocycles. The second-order valence-electron chi connectivity index (χ2n) is 3.67. The minimum Gasteiger partial charge on any atom is -0.480 e. The molecule has 8 heteroatoms. The van der Waals surface area contributed by atoms with Crippen LogP contribution in [0.15, 0.2) is 6.07 Å². The standard InChI is InChI=1S/C10H12F3N3O2/c1-16(2)5-4-6(10(11,12)13)15-9(18-3)7(5)8(14)17/h4H,1-3H3,(H2,14,17). The number of anilines is 1. The first-order valence-corrected chi connectivity index (χ1v) is 4.81. The van der Waals surface area contributed by atoms with Gasteiger partial charge in [-0.3, -0.25) is 4.79 Å². The fraction of sp³-hybridized carbons (Fsp3) is 0.400. The van der Waals surface area contributed by atoms with Gasteiger partial charge in [0.05, 0.1) is 12.8 Å². The van der Waals surface area contributed by atoms with Gasteiger partial charge in [0.15, 0.2) is 5.69 Å². The van der Waals surface area contributed by atoms with Crippen LogP contribution in [0.5, 0.6) is 5.88 Å². The van der Waals surface area contributed by atoms with Gasteiger partial charge in [0.1, 0.15) is 5.56 Å². The highest BCUT2D eigenvalue weighted by Gasteiger charge is 2.35. The molecular weight excluding hydrogens is 251 g/mol. The van der Waals surface area contributed by atoms with Gasteiger partial charge < -0.3 is 15.4 Å². The Morgan fingerprint density at radius 3 is 2.33 bits per heavy atom. The third-order valence-electron chi connectivity index (χ3n) is 2.18. The number of amides is 1. The van der Waals surface area contributed by atoms with Crippen LogP contribution < -0.4 is 15.4 Å². The molecule has 0 atom stereocenters. The molecule has 0 saturated heterocycles. The van der Waals surface area contributed by atoms with E-state index in [2.05, 4.69) is 4.98 Å². The number of alkyl halides is 3. The monoisotopic (exact) mass is 263 g/mol. The molecule has 0 saturated carbocycles. The van der Waals surface area contributed by atoms with Crippen molar-refractivity contribution in [2.45, 2.75) is 6.18 Å². The Labute approximate surface area is 101 Å². The summed E-state index contributed by atoms with van der Waals surface area (Å²) >= 11 is 0. The molecule has 100 valence electrons. The molecule has 0 unspecified atom stereocenters. The van der Waals surface area contributed by atoms with Crippen molar-refractivity contribution < 1.29 is 22.7 Å². The fourth-order valence-electron chi connectivity index (χ4n) is 1.39. The van der Waals surface area contributed by atoms with Crippen molar-refractivity contribution in [3.05, 3.63) is 17.3 Å². The molecule has 0 aliphatic rings. The molecule has 0 fully saturated rings. The Bertz CT molecular complexity index is 472. The third kappa shape index (κ3) is 2.63. The van der Waals surface area contributed by atoms with E-state index in [1.54, 1.807) is 0 Å². The zero-order valence-corrected chi connectivity index (χ0v) is 10.00. The summed E-state index contributed by atoms with van der Waals surface area (Å²) in [5, 5.41) is 0. The van der Waals surface area contributed by atoms with E-state index in [-0.39, 0.29) is 11.3 Å². The van der Waals surface area contributed by atoms with Crippen molar-refractivity contribution in [3.63, 3.8) is 0 Å². The number of methoxy groups -OCH3 is 1. The van der Waals surface area contributed by atoms with Gasteiger partial charge in [-0.05, 0) is 6.07 Å². The summed E-state index contributed by atoms with van der Waals surface area (Å²) in [7, 11) is 4.09. The first-order valence-electron chi connectivity index (χ1n) is 4.81. The summed E-state index contributed by atoms with van der Waals surface area (Å²) in [5.41, 5.74) is 3.79. The van der Waals surface area contributed by atoms with Crippen molar-refractivity contribution in [1.29, 1.82) is 0 Å². The summed E-state index contributed by atoms with van der Waals surface area (Å²) in [5.74, 6) is -1.35. The smallest absolute Gasteiger partial charge is 0.433 e. The number of carbonyl (C=O) groups excluding carboxylic acids is 1. The highest BCUT2D eigenvalue weighted by Crippen LogP contribution is 2.35. The average molecular weight is 263 g/mol. The van der Waals surface area contributed by atoms with E-state index in [0.717, 1.165) is 13.2 Å². The maximum Gasteiger partial charge on any atom is 0.433 e. The van der Waals surface area contributed by atoms with E-state index < -0.39 is 23.7 Å². The van der Waals surface area contributed by atoms with Crippen molar-refractivity contribution in [1.82, 2.24) is 4.98 Å². The van der Waals surface area contributed by atoms with Gasteiger partial charge in [0.25, 0.3) is 5.91 Å². The van der Waals surface area contributed by atoms with Crippen LogP contribution in [0.25, 0.3) is 0 Å². The van der Waals surface area contributed by atoms with Crippen LogP contribution in [0.1, 0.15) is 16.1 Å². The molecule has 18 heavy (non-hydrogen) atoms. The Hall–Kier alpha value is -1.99. The van der Waals surface area contributed by atoms with Gasteiger partial charge in [-0.2, -0.15) is 13.2 Å². The second-order valence-corrected chi connectivity index (χ2v) is 3.67. The highest BCUT2D eigenvalue weighted by atomic mass is 19.4. The first-order chi connectivity index (χ1) is 8.18. The van der Waals surface area contributed by atoms with Crippen LogP contribution >= 0.6 is 0 Å². The largest absolute Gasteiger partial charge is 0.480 e. The summed E-state index contributed by atoms with van der Waals surface area (Å²) < 4.78 is 42.6. The topological polar surface area (TPSA) is 68.4 Å². The summed E-state index contributed by atoms with van der Waals surface area (Å²) in [6, 6.07) is 0.753. The summed E-state index contributed by atoms with van der Waals surface area (Å²) in [6.07, 6.45) is -4.63. The lowest BCUT2D eigenvalue weighted by molar-refractivity contribution is -0.141. The fourth-order valence-corrected chi connectivity index (χ4v) is 1.39. The van der Waals surface area contributed by atoms with Gasteiger partial charge in [-0.1, -0.05) is 0 Å². The molecule has 0 aromatic carbocycles. The molecule has 1 aromatic rings. The predicted octanol–water partition coefficient (Wildman–Crippen LogP) is 1.27. The molecule has 0 radical (unpaired) electrons. The number of nitrogens with zero attached hydrogens (tertiary/aromatic N) is 2. The van der Waals surface area contributed by atoms with E-state index in [9.17, 15) is 18.0 Å². The van der Waals surface area contributed by atoms with Crippen LogP contribution in [-0.2, 0) is 6.18 Å². The molecule has 5 nitrogen and oxygen atoms in total. The number of nitrogens with two attached hydrogens (primary N) is 1. The molecule has 2 N–H and O–H groups in total. The number of aromatic nitrogens is 1. The van der Waals surface area contributed by atoms with Crippen LogP contribution in [0, 0.1) is 0 Å². The van der Waals surface area contributed by atoms with Gasteiger partial charge in [-0.25, -0.2) is 4.98 Å². The lowest BCUT2D eigenvalue weighted by atomic mass is 10.1. The number of hydrogen-bond acceptors (Lipinski definition) is 4. The van der Waals surface area contributed by atoms with Crippen LogP contribution in [0.3, 0.4) is 0 Å². The zero-order chi connectivity index (χ0) is 14.1. The van der Waals surface area contributed by atoms with Gasteiger partial charge >= 0.3 is 6.18 Å². The molecule has 1 aromatic heterocycles. The van der Waals surface area contributed by atoms with E-state index >= 15 is 0 Å². The number of ether oxygens (including phenoxy) is 1. The van der Waals surface area contributed by atoms with Crippen LogP contribution in [0.4, 0.5) is 18.9 Å². The minimum atomic E-state index is -4.63. The zero-order valence-electron chi connectivity index (χ0n) is 10.00. The molecule has 1 heterocycles. The Balaban J connectivity index is 3.59. The molecule has 1 rings (SSSR count). The number of carbonyl (C=O) groups is 1. The van der Waals surface area contributed by atoms with Crippen LogP contribution in [-0.4, -0.2) is 32.1 Å². The minimum absolute atomic E-state index is 0.00155. The molecule has 0 bridgehead atoms. The molecule has 0 aliphatic carbocycles. The average Bonchev–Trinajstić information content (AvgIpc) is 2.25. The number of hydrogen-bond donors (Lipinski definition) is 1. The van der Waals surface area contributed by atoms with E-state index in [0.29, 0.717) is 0 Å². The first kappa shape index (κ1) is 14.1. The summed E-state index contributed by atoms with van der Waals surface area (Å²) in [6.45, 7) is 0. The number of primary amides is 1. The maximum absolute atomic E-state index is 12.6. The van der Waals surface area contributed by atoms with Crippen molar-refractivity contribution in [2.75, 3.05) is 26.1 Å². The lowest BCUT2D eigenvalue weighted by Crippen LogP contribution is -2.22. The van der Waals surface area contributed by atoms with E-state index in [4.69, 9.17) is 10.5 Å². The Morgan fingerprint density at radius 2 is 2.00 bits per heavy atom. The van der Waals surface area contributed by atoms with Gasteiger partial charge in [0.2, 0.25) is 5.88 Å². The molecule has 1 amide bonds. The van der Waals surface area contributed by atoms with Crippen molar-refractivity contribution in [3.8, 4) is 5.88 Å². The SMILES string of the molecule is COc1nc(C(F)(F)F)cc(N(C)C)c1C(N)=O. The Kier molecular flexibility index (Phi) is 3.68. The van der Waals surface area contributed by atoms with E-state index in [1.807, 2.05) is 0 Å². The maximum atomic E-state index is 12.6. The van der Waals surface area contributed by atoms with Gasteiger partial charge in [0, 0.05) is 14.1 Å². The molecule has 0 spiro atoms. The van der Waals surface area contributed by atoms with Crippen molar-refractivity contribution in [2.24, 2.45) is 5.73 Å². The third-order valence-corrected chi connectivity index (χ3v) is 2.18. The van der Waals surface area contributed by atoms with Gasteiger partial charge in [-0.15, -0.1) is 0 Å². The number of pyridine rings is 1. The van der Waals surface area contributed by atoms with Crippen molar-refractivity contribution >= 4 is 11.6 Å². The number of halogens is 3. The quantitative estimate of drug-likeness (QED) is 0.891. The predicted molar refractivity (Wildman–Crippen MR) is 58.6 cm³/mol. The highest BCUT2D eigenvalue weighted by molar-refractivity contribution is 6.01.